The van der Waals surface area contributed by atoms with E-state index in [2.05, 4.69) is 19.2 Å². The van der Waals surface area contributed by atoms with E-state index in [-0.39, 0.29) is 18.4 Å². The zero-order chi connectivity index (χ0) is 15.2. The summed E-state index contributed by atoms with van der Waals surface area (Å²) in [6.45, 7) is 8.33. The summed E-state index contributed by atoms with van der Waals surface area (Å²) in [6.07, 6.45) is 4.58. The highest BCUT2D eigenvalue weighted by Gasteiger charge is 2.32. The molecule has 0 spiro atoms. The van der Waals surface area contributed by atoms with Crippen LogP contribution in [0.4, 0.5) is 4.79 Å². The Morgan fingerprint density at radius 1 is 1.25 bits per heavy atom. The molecule has 0 bridgehead atoms. The Hall–Kier alpha value is -1.26. The molecule has 2 amide bonds. The molecule has 0 aromatic rings. The predicted octanol–water partition coefficient (Wildman–Crippen LogP) is 2.71. The van der Waals surface area contributed by atoms with Gasteiger partial charge in [-0.2, -0.15) is 0 Å². The molecular weight excluding hydrogens is 256 g/mol. The van der Waals surface area contributed by atoms with Crippen molar-refractivity contribution in [2.24, 2.45) is 11.3 Å². The molecule has 5 heteroatoms. The number of piperidine rings is 1. The molecule has 2 N–H and O–H groups in total. The molecule has 5 nitrogen and oxygen atoms in total. The number of carbonyl (C=O) groups excluding carboxylic acids is 1. The average molecular weight is 284 g/mol. The number of likely N-dealkylation sites (tertiary alicyclic amines) is 1. The Labute approximate surface area is 121 Å². The average Bonchev–Trinajstić information content (AvgIpc) is 2.44. The molecule has 1 aliphatic rings. The lowest BCUT2D eigenvalue weighted by atomic mass is 9.74. The lowest BCUT2D eigenvalue weighted by Crippen LogP contribution is -2.48. The molecule has 1 aliphatic heterocycles. The van der Waals surface area contributed by atoms with Crippen molar-refractivity contribution in [3.05, 3.63) is 0 Å². The van der Waals surface area contributed by atoms with E-state index in [1.807, 2.05) is 11.8 Å². The van der Waals surface area contributed by atoms with Gasteiger partial charge in [0.2, 0.25) is 0 Å². The molecule has 1 heterocycles. The maximum absolute atomic E-state index is 12.0. The number of urea groups is 1. The summed E-state index contributed by atoms with van der Waals surface area (Å²) in [5.41, 5.74) is 0.410. The highest BCUT2D eigenvalue weighted by atomic mass is 16.4. The van der Waals surface area contributed by atoms with Gasteiger partial charge >= 0.3 is 12.0 Å². The van der Waals surface area contributed by atoms with Crippen LogP contribution in [-0.4, -0.2) is 41.6 Å². The molecule has 1 unspecified atom stereocenters. The third-order valence-electron chi connectivity index (χ3n) is 4.74. The van der Waals surface area contributed by atoms with Gasteiger partial charge in [0.1, 0.15) is 0 Å². The fourth-order valence-electron chi connectivity index (χ4n) is 2.88. The zero-order valence-corrected chi connectivity index (χ0v) is 12.9. The number of hydrogen-bond donors (Lipinski definition) is 2. The van der Waals surface area contributed by atoms with E-state index in [9.17, 15) is 9.59 Å². The summed E-state index contributed by atoms with van der Waals surface area (Å²) in [7, 11) is 0. The topological polar surface area (TPSA) is 69.6 Å². The number of aliphatic carboxylic acids is 1. The third-order valence-corrected chi connectivity index (χ3v) is 4.74. The van der Waals surface area contributed by atoms with Crippen LogP contribution in [0.1, 0.15) is 52.9 Å². The summed E-state index contributed by atoms with van der Waals surface area (Å²) in [5, 5.41) is 11.5. The highest BCUT2D eigenvalue weighted by molar-refractivity contribution is 5.74. The van der Waals surface area contributed by atoms with Crippen LogP contribution < -0.4 is 5.32 Å². The van der Waals surface area contributed by atoms with Crippen LogP contribution in [0, 0.1) is 11.3 Å². The maximum atomic E-state index is 12.0. The minimum absolute atomic E-state index is 0.0355. The molecule has 20 heavy (non-hydrogen) atoms. The first-order valence-corrected chi connectivity index (χ1v) is 7.67. The van der Waals surface area contributed by atoms with Crippen LogP contribution in [0.3, 0.4) is 0 Å². The lowest BCUT2D eigenvalue weighted by molar-refractivity contribution is -0.137. The number of carbonyl (C=O) groups is 2. The largest absolute Gasteiger partial charge is 0.481 e. The number of rotatable bonds is 6. The van der Waals surface area contributed by atoms with Crippen LogP contribution in [-0.2, 0) is 4.79 Å². The second-order valence-corrected chi connectivity index (χ2v) is 6.08. The first-order chi connectivity index (χ1) is 9.42. The van der Waals surface area contributed by atoms with Gasteiger partial charge in [-0.1, -0.05) is 33.6 Å². The summed E-state index contributed by atoms with van der Waals surface area (Å²) in [5.74, 6) is -0.855. The summed E-state index contributed by atoms with van der Waals surface area (Å²) < 4.78 is 0. The van der Waals surface area contributed by atoms with E-state index < -0.39 is 5.97 Å². The lowest BCUT2D eigenvalue weighted by Gasteiger charge is -2.41. The quantitative estimate of drug-likeness (QED) is 0.788. The predicted molar refractivity (Wildman–Crippen MR) is 78.6 cm³/mol. The monoisotopic (exact) mass is 284 g/mol. The number of amides is 2. The molecule has 0 aromatic carbocycles. The van der Waals surface area contributed by atoms with Crippen LogP contribution in [0.2, 0.25) is 0 Å². The first kappa shape index (κ1) is 16.8. The zero-order valence-electron chi connectivity index (χ0n) is 12.9. The Kier molecular flexibility index (Phi) is 6.30. The Morgan fingerprint density at radius 2 is 1.80 bits per heavy atom. The fourth-order valence-corrected chi connectivity index (χ4v) is 2.88. The van der Waals surface area contributed by atoms with Crippen LogP contribution >= 0.6 is 0 Å². The molecule has 1 rings (SSSR count). The van der Waals surface area contributed by atoms with Crippen molar-refractivity contribution < 1.29 is 14.7 Å². The van der Waals surface area contributed by atoms with Gasteiger partial charge in [-0.25, -0.2) is 4.79 Å². The molecule has 0 aromatic heterocycles. The smallest absolute Gasteiger partial charge is 0.317 e. The Bertz CT molecular complexity index is 330. The van der Waals surface area contributed by atoms with Crippen molar-refractivity contribution in [2.45, 2.75) is 52.9 Å². The number of carboxylic acid groups (broad SMARTS) is 1. The molecule has 0 aliphatic carbocycles. The van der Waals surface area contributed by atoms with Crippen molar-refractivity contribution in [2.75, 3.05) is 19.6 Å². The minimum atomic E-state index is -0.819. The number of nitrogens with zero attached hydrogens (tertiary/aromatic N) is 1. The van der Waals surface area contributed by atoms with Gasteiger partial charge < -0.3 is 15.3 Å². The van der Waals surface area contributed by atoms with Gasteiger partial charge in [0.15, 0.2) is 0 Å². The van der Waals surface area contributed by atoms with E-state index in [0.717, 1.165) is 25.9 Å². The van der Waals surface area contributed by atoms with Crippen molar-refractivity contribution in [1.29, 1.82) is 0 Å². The van der Waals surface area contributed by atoms with E-state index in [0.29, 0.717) is 12.0 Å². The summed E-state index contributed by atoms with van der Waals surface area (Å²) >= 11 is 0. The van der Waals surface area contributed by atoms with Crippen molar-refractivity contribution in [3.8, 4) is 0 Å². The summed E-state index contributed by atoms with van der Waals surface area (Å²) in [6, 6.07) is -0.0527. The molecule has 1 saturated heterocycles. The third kappa shape index (κ3) is 4.69. The van der Waals surface area contributed by atoms with Gasteiger partial charge in [0.05, 0.1) is 0 Å². The number of hydrogen-bond acceptors (Lipinski definition) is 2. The number of nitrogens with one attached hydrogen (secondary N) is 1. The van der Waals surface area contributed by atoms with Crippen LogP contribution in [0.25, 0.3) is 0 Å². The van der Waals surface area contributed by atoms with Gasteiger partial charge in [-0.05, 0) is 24.2 Å². The second kappa shape index (κ2) is 7.50. The van der Waals surface area contributed by atoms with Crippen LogP contribution in [0.5, 0.6) is 0 Å². The number of carboxylic acids is 1. The van der Waals surface area contributed by atoms with E-state index in [1.54, 1.807) is 0 Å². The van der Waals surface area contributed by atoms with E-state index in [4.69, 9.17) is 5.11 Å². The van der Waals surface area contributed by atoms with Crippen molar-refractivity contribution in [3.63, 3.8) is 0 Å². The highest BCUT2D eigenvalue weighted by Crippen LogP contribution is 2.37. The van der Waals surface area contributed by atoms with E-state index in [1.165, 1.54) is 12.8 Å². The molecule has 1 fully saturated rings. The van der Waals surface area contributed by atoms with Crippen LogP contribution in [0.15, 0.2) is 0 Å². The fraction of sp³-hybridized carbons (Fsp3) is 0.867. The van der Waals surface area contributed by atoms with Gasteiger partial charge in [-0.15, -0.1) is 0 Å². The first-order valence-electron chi connectivity index (χ1n) is 7.67. The molecule has 116 valence electrons. The molecule has 0 saturated carbocycles. The summed E-state index contributed by atoms with van der Waals surface area (Å²) in [4.78, 5) is 24.5. The Balaban J connectivity index is 2.34. The van der Waals surface area contributed by atoms with Gasteiger partial charge in [-0.3, -0.25) is 4.79 Å². The van der Waals surface area contributed by atoms with E-state index >= 15 is 0 Å². The normalized spacial score (nSPS) is 19.4. The SMILES string of the molecule is CCC1(CC)CCN(C(=O)NCC(C)CC(=O)O)CC1. The molecular formula is C15H28N2O3. The second-order valence-electron chi connectivity index (χ2n) is 6.08. The van der Waals surface area contributed by atoms with Crippen molar-refractivity contribution in [1.82, 2.24) is 10.2 Å². The maximum Gasteiger partial charge on any atom is 0.317 e. The minimum Gasteiger partial charge on any atom is -0.481 e. The van der Waals surface area contributed by atoms with Crippen molar-refractivity contribution >= 4 is 12.0 Å². The van der Waals surface area contributed by atoms with Gasteiger partial charge in [0, 0.05) is 26.1 Å². The molecule has 0 radical (unpaired) electrons. The Morgan fingerprint density at radius 3 is 2.25 bits per heavy atom. The molecule has 1 atom stereocenters. The standard InChI is InChI=1S/C15H28N2O3/c1-4-15(5-2)6-8-17(9-7-15)14(20)16-11-12(3)10-13(18)19/h12H,4-11H2,1-3H3,(H,16,20)(H,18,19). The van der Waals surface area contributed by atoms with Gasteiger partial charge in [0.25, 0.3) is 0 Å².